The highest BCUT2D eigenvalue weighted by molar-refractivity contribution is 7.90. The van der Waals surface area contributed by atoms with Gasteiger partial charge < -0.3 is 15.2 Å². The quantitative estimate of drug-likeness (QED) is 0.602. The summed E-state index contributed by atoms with van der Waals surface area (Å²) < 4.78 is 49.0. The first-order valence-electron chi connectivity index (χ1n) is 11.6. The Morgan fingerprint density at radius 2 is 1.94 bits per heavy atom. The molecule has 11 nitrogen and oxygen atoms in total. The Hall–Kier alpha value is -3.03. The minimum absolute atomic E-state index is 0.0851. The Balaban J connectivity index is 1.63. The van der Waals surface area contributed by atoms with Gasteiger partial charge in [0.15, 0.2) is 5.69 Å². The zero-order valence-corrected chi connectivity index (χ0v) is 21.4. The van der Waals surface area contributed by atoms with E-state index in [9.17, 15) is 27.5 Å². The molecule has 4 rings (SSSR count). The first-order valence-corrected chi connectivity index (χ1v) is 12.9. The molecular formula is C23H30FN5O6S. The van der Waals surface area contributed by atoms with Gasteiger partial charge in [0.25, 0.3) is 11.5 Å². The van der Waals surface area contributed by atoms with Gasteiger partial charge >= 0.3 is 10.2 Å². The number of likely N-dealkylation sites (N-methyl/N-ethyl adjacent to an activating group) is 1. The van der Waals surface area contributed by atoms with Crippen LogP contribution in [-0.2, 0) is 28.5 Å². The zero-order valence-electron chi connectivity index (χ0n) is 20.6. The number of halogens is 1. The molecule has 0 aliphatic carbocycles. The van der Waals surface area contributed by atoms with E-state index in [4.69, 9.17) is 4.74 Å². The largest absolute Gasteiger partial charge is 0.501 e. The van der Waals surface area contributed by atoms with E-state index >= 15 is 0 Å². The first kappa shape index (κ1) is 26.0. The second kappa shape index (κ2) is 9.45. The van der Waals surface area contributed by atoms with Crippen molar-refractivity contribution in [2.75, 3.05) is 31.1 Å². The summed E-state index contributed by atoms with van der Waals surface area (Å²) in [7, 11) is -0.969. The van der Waals surface area contributed by atoms with E-state index in [0.717, 1.165) is 10.4 Å². The van der Waals surface area contributed by atoms with Crippen LogP contribution < -0.4 is 15.2 Å². The molecule has 3 heterocycles. The molecule has 36 heavy (non-hydrogen) atoms. The fourth-order valence-corrected chi connectivity index (χ4v) is 6.34. The van der Waals surface area contributed by atoms with Crippen LogP contribution in [0.5, 0.6) is 5.75 Å². The molecule has 0 saturated carbocycles. The summed E-state index contributed by atoms with van der Waals surface area (Å²) in [4.78, 5) is 29.9. The van der Waals surface area contributed by atoms with Crippen molar-refractivity contribution in [3.8, 4) is 5.75 Å². The molecule has 0 bridgehead atoms. The van der Waals surface area contributed by atoms with Crippen LogP contribution in [0.25, 0.3) is 0 Å². The van der Waals surface area contributed by atoms with E-state index in [2.05, 4.69) is 10.3 Å². The molecule has 2 aliphatic heterocycles. The topological polar surface area (TPSA) is 134 Å². The normalized spacial score (nSPS) is 20.0. The standard InChI is InChI=1S/C23H30FN5O6S/c1-23(2)13-29(36(33,34)28(23)4)17-11-16(24)6-5-15(17)12-25-21(31)18-19(30)22(32)27(3)20(26-18)14-7-9-35-10-8-14/h5-6,11,14,30H,7-10,12-13H2,1-4H3,(H,25,31). The Labute approximate surface area is 208 Å². The van der Waals surface area contributed by atoms with Crippen molar-refractivity contribution in [3.63, 3.8) is 0 Å². The number of aromatic hydroxyl groups is 1. The highest BCUT2D eigenvalue weighted by Gasteiger charge is 2.47. The molecule has 2 saturated heterocycles. The van der Waals surface area contributed by atoms with E-state index in [1.54, 1.807) is 13.8 Å². The lowest BCUT2D eigenvalue weighted by molar-refractivity contribution is 0.0824. The van der Waals surface area contributed by atoms with E-state index in [0.29, 0.717) is 37.4 Å². The van der Waals surface area contributed by atoms with Crippen LogP contribution in [0.1, 0.15) is 54.5 Å². The molecule has 1 amide bonds. The van der Waals surface area contributed by atoms with Crippen molar-refractivity contribution in [1.29, 1.82) is 0 Å². The molecular weight excluding hydrogens is 493 g/mol. The fraction of sp³-hybridized carbons (Fsp3) is 0.522. The van der Waals surface area contributed by atoms with Crippen LogP contribution in [0.3, 0.4) is 0 Å². The number of ether oxygens (including phenoxy) is 1. The van der Waals surface area contributed by atoms with Crippen molar-refractivity contribution in [2.24, 2.45) is 7.05 Å². The average molecular weight is 524 g/mol. The van der Waals surface area contributed by atoms with E-state index < -0.39 is 44.5 Å². The molecule has 2 aromatic rings. The zero-order chi connectivity index (χ0) is 26.4. The summed E-state index contributed by atoms with van der Waals surface area (Å²) >= 11 is 0. The molecule has 2 N–H and O–H groups in total. The van der Waals surface area contributed by atoms with Crippen molar-refractivity contribution < 1.29 is 27.4 Å². The molecule has 0 radical (unpaired) electrons. The number of rotatable bonds is 5. The number of anilines is 1. The molecule has 0 spiro atoms. The van der Waals surface area contributed by atoms with Gasteiger partial charge in [-0.15, -0.1) is 0 Å². The van der Waals surface area contributed by atoms with Crippen LogP contribution in [0.15, 0.2) is 23.0 Å². The summed E-state index contributed by atoms with van der Waals surface area (Å²) in [5, 5.41) is 12.9. The van der Waals surface area contributed by atoms with Crippen molar-refractivity contribution in [2.45, 2.75) is 44.7 Å². The lowest BCUT2D eigenvalue weighted by atomic mass is 9.99. The van der Waals surface area contributed by atoms with Gasteiger partial charge in [-0.25, -0.2) is 9.37 Å². The number of aromatic nitrogens is 2. The molecule has 2 aliphatic rings. The summed E-state index contributed by atoms with van der Waals surface area (Å²) in [5.41, 5.74) is -1.46. The second-order valence-corrected chi connectivity index (χ2v) is 11.6. The number of nitrogens with zero attached hydrogens (tertiary/aromatic N) is 4. The number of hydrogen-bond acceptors (Lipinski definition) is 7. The summed E-state index contributed by atoms with van der Waals surface area (Å²) in [6.45, 7) is 4.41. The van der Waals surface area contributed by atoms with Crippen LogP contribution in [0.2, 0.25) is 0 Å². The smallest absolute Gasteiger partial charge is 0.304 e. The van der Waals surface area contributed by atoms with Gasteiger partial charge in [-0.1, -0.05) is 6.07 Å². The minimum atomic E-state index is -3.91. The lowest BCUT2D eigenvalue weighted by Crippen LogP contribution is -2.38. The number of carbonyl (C=O) groups excluding carboxylic acids is 1. The maximum atomic E-state index is 14.2. The molecule has 1 aromatic heterocycles. The number of benzene rings is 1. The number of hydrogen-bond donors (Lipinski definition) is 2. The van der Waals surface area contributed by atoms with Gasteiger partial charge in [-0.2, -0.15) is 12.7 Å². The molecule has 196 valence electrons. The third-order valence-corrected chi connectivity index (χ3v) is 8.94. The average Bonchev–Trinajstić information content (AvgIpc) is 3.01. The van der Waals surface area contributed by atoms with Gasteiger partial charge in [-0.05, 0) is 44.4 Å². The van der Waals surface area contributed by atoms with Gasteiger partial charge in [0, 0.05) is 39.8 Å². The van der Waals surface area contributed by atoms with Crippen LogP contribution >= 0.6 is 0 Å². The van der Waals surface area contributed by atoms with Crippen molar-refractivity contribution >= 4 is 21.8 Å². The third-order valence-electron chi connectivity index (χ3n) is 6.87. The molecule has 0 unspecified atom stereocenters. The number of amides is 1. The third kappa shape index (κ3) is 4.58. The maximum Gasteiger partial charge on any atom is 0.304 e. The number of carbonyl (C=O) groups is 1. The predicted molar refractivity (Wildman–Crippen MR) is 130 cm³/mol. The van der Waals surface area contributed by atoms with Crippen molar-refractivity contribution in [3.05, 3.63) is 51.5 Å². The fourth-order valence-electron chi connectivity index (χ4n) is 4.47. The number of nitrogens with one attached hydrogen (secondary N) is 1. The van der Waals surface area contributed by atoms with Gasteiger partial charge in [-0.3, -0.25) is 18.5 Å². The molecule has 1 aromatic carbocycles. The Morgan fingerprint density at radius 3 is 2.56 bits per heavy atom. The molecule has 13 heteroatoms. The van der Waals surface area contributed by atoms with Crippen molar-refractivity contribution in [1.82, 2.24) is 19.2 Å². The van der Waals surface area contributed by atoms with Gasteiger partial charge in [0.1, 0.15) is 11.6 Å². The molecule has 2 fully saturated rings. The van der Waals surface area contributed by atoms with E-state index in [1.165, 1.54) is 35.1 Å². The maximum absolute atomic E-state index is 14.2. The summed E-state index contributed by atoms with van der Waals surface area (Å²) in [5.74, 6) is -1.95. The van der Waals surface area contributed by atoms with Gasteiger partial charge in [0.05, 0.1) is 17.8 Å². The van der Waals surface area contributed by atoms with Gasteiger partial charge in [0.2, 0.25) is 5.75 Å². The van der Waals surface area contributed by atoms with Crippen LogP contribution in [0.4, 0.5) is 10.1 Å². The lowest BCUT2D eigenvalue weighted by Gasteiger charge is -2.24. The Bertz CT molecular complexity index is 1350. The highest BCUT2D eigenvalue weighted by Crippen LogP contribution is 2.36. The summed E-state index contributed by atoms with van der Waals surface area (Å²) in [6.07, 6.45) is 1.25. The first-order chi connectivity index (χ1) is 16.8. The second-order valence-electron chi connectivity index (χ2n) is 9.67. The highest BCUT2D eigenvalue weighted by atomic mass is 32.2. The Morgan fingerprint density at radius 1 is 1.28 bits per heavy atom. The summed E-state index contributed by atoms with van der Waals surface area (Å²) in [6, 6.07) is 3.65. The van der Waals surface area contributed by atoms with E-state index in [-0.39, 0.29) is 24.7 Å². The predicted octanol–water partition coefficient (Wildman–Crippen LogP) is 1.22. The Kier molecular flexibility index (Phi) is 6.84. The van der Waals surface area contributed by atoms with Crippen LogP contribution in [0, 0.1) is 5.82 Å². The minimum Gasteiger partial charge on any atom is -0.501 e. The van der Waals surface area contributed by atoms with E-state index in [1.807, 2.05) is 0 Å². The SMILES string of the molecule is CN1C(C)(C)CN(c2cc(F)ccc2CNC(=O)c2nc(C3CCOCC3)n(C)c(=O)c2O)S1(=O)=O. The van der Waals surface area contributed by atoms with Crippen LogP contribution in [-0.4, -0.2) is 65.6 Å². The molecule has 0 atom stereocenters. The monoisotopic (exact) mass is 523 g/mol.